The minimum absolute atomic E-state index is 0.0183. The standard InChI is InChI=1S/C9H9BrO3/c10-6-1-2-8-9(3-6)12-5-7(4-11)13-8/h1-3,7,11H,4-5H2/t7-/m1/s1. The fraction of sp³-hybridized carbons (Fsp3) is 0.333. The number of aliphatic hydroxyl groups is 1. The summed E-state index contributed by atoms with van der Waals surface area (Å²) in [6.45, 7) is 0.384. The van der Waals surface area contributed by atoms with E-state index in [1.807, 2.05) is 18.2 Å². The SMILES string of the molecule is OC[C@@H]1COc2cc(Br)ccc2O1. The molecule has 1 aromatic carbocycles. The van der Waals surface area contributed by atoms with Crippen LogP contribution in [0.15, 0.2) is 22.7 Å². The minimum Gasteiger partial charge on any atom is -0.486 e. The second kappa shape index (κ2) is 3.55. The molecule has 1 heterocycles. The van der Waals surface area contributed by atoms with Gasteiger partial charge >= 0.3 is 0 Å². The van der Waals surface area contributed by atoms with Gasteiger partial charge in [0.15, 0.2) is 17.6 Å². The smallest absolute Gasteiger partial charge is 0.162 e. The molecule has 0 spiro atoms. The van der Waals surface area contributed by atoms with E-state index in [0.29, 0.717) is 12.4 Å². The van der Waals surface area contributed by atoms with Crippen LogP contribution in [0.2, 0.25) is 0 Å². The van der Waals surface area contributed by atoms with Crippen LogP contribution in [0.1, 0.15) is 0 Å². The Morgan fingerprint density at radius 2 is 2.31 bits per heavy atom. The van der Waals surface area contributed by atoms with Crippen LogP contribution >= 0.6 is 15.9 Å². The molecule has 0 radical (unpaired) electrons. The Bertz CT molecular complexity index is 314. The van der Waals surface area contributed by atoms with Crippen LogP contribution in [0.25, 0.3) is 0 Å². The van der Waals surface area contributed by atoms with Crippen molar-refractivity contribution in [1.29, 1.82) is 0 Å². The Morgan fingerprint density at radius 3 is 3.08 bits per heavy atom. The van der Waals surface area contributed by atoms with Crippen molar-refractivity contribution in [2.45, 2.75) is 6.10 Å². The predicted molar refractivity (Wildman–Crippen MR) is 51.1 cm³/mol. The number of ether oxygens (including phenoxy) is 2. The third-order valence-corrected chi connectivity index (χ3v) is 2.32. The van der Waals surface area contributed by atoms with E-state index in [0.717, 1.165) is 10.2 Å². The molecule has 4 heteroatoms. The number of benzene rings is 1. The van der Waals surface area contributed by atoms with Crippen LogP contribution in [0.4, 0.5) is 0 Å². The molecule has 1 atom stereocenters. The van der Waals surface area contributed by atoms with Crippen LogP contribution < -0.4 is 9.47 Å². The molecule has 1 aromatic rings. The van der Waals surface area contributed by atoms with Gasteiger partial charge < -0.3 is 14.6 Å². The van der Waals surface area contributed by atoms with E-state index in [2.05, 4.69) is 15.9 Å². The Kier molecular flexibility index (Phi) is 2.42. The summed E-state index contributed by atoms with van der Waals surface area (Å²) in [5.74, 6) is 1.41. The summed E-state index contributed by atoms with van der Waals surface area (Å²) in [7, 11) is 0. The summed E-state index contributed by atoms with van der Waals surface area (Å²) in [6.07, 6.45) is -0.242. The largest absolute Gasteiger partial charge is 0.486 e. The number of fused-ring (bicyclic) bond motifs is 1. The lowest BCUT2D eigenvalue weighted by atomic mass is 10.3. The van der Waals surface area contributed by atoms with E-state index in [4.69, 9.17) is 14.6 Å². The average Bonchev–Trinajstić information content (AvgIpc) is 2.17. The zero-order chi connectivity index (χ0) is 9.26. The van der Waals surface area contributed by atoms with Crippen LogP contribution in [-0.4, -0.2) is 24.4 Å². The van der Waals surface area contributed by atoms with Crippen molar-refractivity contribution in [3.8, 4) is 11.5 Å². The third-order valence-electron chi connectivity index (χ3n) is 1.83. The normalized spacial score (nSPS) is 20.0. The maximum absolute atomic E-state index is 8.86. The highest BCUT2D eigenvalue weighted by molar-refractivity contribution is 9.10. The highest BCUT2D eigenvalue weighted by Gasteiger charge is 2.19. The lowest BCUT2D eigenvalue weighted by Gasteiger charge is -2.25. The summed E-state index contributed by atoms with van der Waals surface area (Å²) in [6, 6.07) is 5.55. The molecule has 70 valence electrons. The molecule has 13 heavy (non-hydrogen) atoms. The van der Waals surface area contributed by atoms with Crippen molar-refractivity contribution >= 4 is 15.9 Å². The first-order valence-electron chi connectivity index (χ1n) is 3.99. The first-order chi connectivity index (χ1) is 6.29. The lowest BCUT2D eigenvalue weighted by Crippen LogP contribution is -2.32. The van der Waals surface area contributed by atoms with Gasteiger partial charge in [-0.3, -0.25) is 0 Å². The van der Waals surface area contributed by atoms with E-state index in [1.165, 1.54) is 0 Å². The number of halogens is 1. The molecular formula is C9H9BrO3. The number of hydrogen-bond donors (Lipinski definition) is 1. The van der Waals surface area contributed by atoms with Gasteiger partial charge in [-0.25, -0.2) is 0 Å². The quantitative estimate of drug-likeness (QED) is 0.816. The van der Waals surface area contributed by atoms with E-state index in [-0.39, 0.29) is 12.7 Å². The minimum atomic E-state index is -0.242. The second-order valence-corrected chi connectivity index (χ2v) is 3.74. The van der Waals surface area contributed by atoms with Crippen molar-refractivity contribution in [2.75, 3.05) is 13.2 Å². The number of rotatable bonds is 1. The average molecular weight is 245 g/mol. The fourth-order valence-corrected chi connectivity index (χ4v) is 1.52. The summed E-state index contributed by atoms with van der Waals surface area (Å²) in [5.41, 5.74) is 0. The summed E-state index contributed by atoms with van der Waals surface area (Å²) >= 11 is 3.34. The van der Waals surface area contributed by atoms with Gasteiger partial charge in [0.25, 0.3) is 0 Å². The molecule has 0 saturated carbocycles. The van der Waals surface area contributed by atoms with Gasteiger partial charge in [0.05, 0.1) is 6.61 Å². The molecule has 1 N–H and O–H groups in total. The highest BCUT2D eigenvalue weighted by Crippen LogP contribution is 2.33. The predicted octanol–water partition coefficient (Wildman–Crippen LogP) is 1.58. The molecule has 0 amide bonds. The Hall–Kier alpha value is -0.740. The third kappa shape index (κ3) is 1.78. The molecule has 0 aromatic heterocycles. The molecule has 0 bridgehead atoms. The molecule has 0 fully saturated rings. The van der Waals surface area contributed by atoms with Crippen molar-refractivity contribution < 1.29 is 14.6 Å². The van der Waals surface area contributed by atoms with Gasteiger partial charge in [0, 0.05) is 4.47 Å². The van der Waals surface area contributed by atoms with Crippen molar-refractivity contribution in [2.24, 2.45) is 0 Å². The summed E-state index contributed by atoms with van der Waals surface area (Å²) in [4.78, 5) is 0. The maximum atomic E-state index is 8.86. The Labute approximate surface area is 84.4 Å². The molecular weight excluding hydrogens is 236 g/mol. The monoisotopic (exact) mass is 244 g/mol. The van der Waals surface area contributed by atoms with Gasteiger partial charge in [-0.15, -0.1) is 0 Å². The number of hydrogen-bond acceptors (Lipinski definition) is 3. The van der Waals surface area contributed by atoms with Crippen LogP contribution in [-0.2, 0) is 0 Å². The molecule has 0 unspecified atom stereocenters. The molecule has 2 rings (SSSR count). The van der Waals surface area contributed by atoms with E-state index >= 15 is 0 Å². The molecule has 1 aliphatic heterocycles. The Balaban J connectivity index is 2.26. The van der Waals surface area contributed by atoms with Gasteiger partial charge in [0.1, 0.15) is 6.61 Å². The zero-order valence-corrected chi connectivity index (χ0v) is 8.45. The van der Waals surface area contributed by atoms with Crippen LogP contribution in [0.5, 0.6) is 11.5 Å². The highest BCUT2D eigenvalue weighted by atomic mass is 79.9. The zero-order valence-electron chi connectivity index (χ0n) is 6.87. The first kappa shape index (κ1) is 8.84. The van der Waals surface area contributed by atoms with E-state index in [1.54, 1.807) is 0 Å². The van der Waals surface area contributed by atoms with Crippen molar-refractivity contribution in [3.63, 3.8) is 0 Å². The topological polar surface area (TPSA) is 38.7 Å². The van der Waals surface area contributed by atoms with Crippen molar-refractivity contribution in [1.82, 2.24) is 0 Å². The van der Waals surface area contributed by atoms with E-state index in [9.17, 15) is 0 Å². The summed E-state index contributed by atoms with van der Waals surface area (Å²) < 4.78 is 11.8. The maximum Gasteiger partial charge on any atom is 0.162 e. The molecule has 0 saturated heterocycles. The molecule has 3 nitrogen and oxygen atoms in total. The van der Waals surface area contributed by atoms with Gasteiger partial charge in [0.2, 0.25) is 0 Å². The molecule has 0 aliphatic carbocycles. The second-order valence-electron chi connectivity index (χ2n) is 2.82. The van der Waals surface area contributed by atoms with Gasteiger partial charge in [-0.05, 0) is 18.2 Å². The lowest BCUT2D eigenvalue weighted by molar-refractivity contribution is 0.0456. The van der Waals surface area contributed by atoms with Gasteiger partial charge in [-0.2, -0.15) is 0 Å². The van der Waals surface area contributed by atoms with Crippen LogP contribution in [0, 0.1) is 0 Å². The van der Waals surface area contributed by atoms with Gasteiger partial charge in [-0.1, -0.05) is 15.9 Å². The number of aliphatic hydroxyl groups excluding tert-OH is 1. The van der Waals surface area contributed by atoms with Crippen LogP contribution in [0.3, 0.4) is 0 Å². The first-order valence-corrected chi connectivity index (χ1v) is 4.79. The Morgan fingerprint density at radius 1 is 1.46 bits per heavy atom. The fourth-order valence-electron chi connectivity index (χ4n) is 1.18. The summed E-state index contributed by atoms with van der Waals surface area (Å²) in [5, 5.41) is 8.86. The van der Waals surface area contributed by atoms with Crippen molar-refractivity contribution in [3.05, 3.63) is 22.7 Å². The van der Waals surface area contributed by atoms with E-state index < -0.39 is 0 Å². The molecule has 1 aliphatic rings.